The fourth-order valence-electron chi connectivity index (χ4n) is 13.6. The average Bonchev–Trinajstić information content (AvgIpc) is 0.863. The minimum atomic E-state index is -0.922. The van der Waals surface area contributed by atoms with Crippen molar-refractivity contribution < 1.29 is 33.6 Å². The predicted molar refractivity (Wildman–Crippen MR) is 417 cm³/mol. The van der Waals surface area contributed by atoms with Crippen LogP contribution in [0.5, 0.6) is 23.0 Å². The zero-order chi connectivity index (χ0) is 69.4. The van der Waals surface area contributed by atoms with E-state index in [2.05, 4.69) is 32.7 Å². The van der Waals surface area contributed by atoms with E-state index >= 15 is 0 Å². The standard InChI is InChI=1S/C44H79NO3.C44H80O4/c1-4-6-8-10-12-14-16-18-20-22-24-26-28-30-32-34-36-47-43-39-42(45-40-46)38-41(3)44(43)48-37-35-33-31-29-27-25-23-21-19-17-15-13-11-9-7-5-2;1-4-6-8-10-12-14-16-18-20-22-24-26-28-30-32-34-36-47-42-39-41(44(45)46)38-40(3)43(42)48-37-35-33-31-29-27-25-23-21-19-17-15-13-11-9-7-5-2/h38-39H,4-37H2,1-3H3;38-39H,4-37H2,1-3H3,(H,45,46). The molecule has 0 amide bonds. The molecule has 8 heteroatoms. The molecule has 2 rings (SSSR count). The van der Waals surface area contributed by atoms with Crippen molar-refractivity contribution in [2.75, 3.05) is 26.4 Å². The molecule has 0 heterocycles. The van der Waals surface area contributed by atoms with Crippen LogP contribution in [0.25, 0.3) is 0 Å². The van der Waals surface area contributed by atoms with Gasteiger partial charge in [0, 0.05) is 6.07 Å². The van der Waals surface area contributed by atoms with Crippen molar-refractivity contribution >= 4 is 17.7 Å². The van der Waals surface area contributed by atoms with Crippen molar-refractivity contribution in [2.45, 2.75) is 452 Å². The molecule has 0 bridgehead atoms. The molecule has 0 fully saturated rings. The molecule has 0 aliphatic carbocycles. The summed E-state index contributed by atoms with van der Waals surface area (Å²) >= 11 is 0. The number of aliphatic imine (C=N–C) groups is 1. The van der Waals surface area contributed by atoms with E-state index in [9.17, 15) is 14.7 Å². The van der Waals surface area contributed by atoms with E-state index in [4.69, 9.17) is 18.9 Å². The fraction of sp³-hybridized carbons (Fsp3) is 0.841. The Bertz CT molecular complexity index is 1890. The summed E-state index contributed by atoms with van der Waals surface area (Å²) in [5.41, 5.74) is 2.65. The second-order valence-electron chi connectivity index (χ2n) is 29.3. The number of carboxylic acid groups (broad SMARTS) is 1. The maximum atomic E-state index is 11.7. The second-order valence-corrected chi connectivity index (χ2v) is 29.3. The number of benzene rings is 2. The number of hydrogen-bond acceptors (Lipinski definition) is 7. The molecule has 0 aliphatic rings. The van der Waals surface area contributed by atoms with Gasteiger partial charge in [-0.15, -0.1) is 0 Å². The van der Waals surface area contributed by atoms with Gasteiger partial charge in [-0.1, -0.05) is 413 Å². The number of nitrogens with zero attached hydrogens (tertiary/aromatic N) is 1. The van der Waals surface area contributed by atoms with Crippen molar-refractivity contribution in [3.8, 4) is 23.0 Å². The van der Waals surface area contributed by atoms with Crippen LogP contribution >= 0.6 is 0 Å². The molecular formula is C88H159NO7. The zero-order valence-corrected chi connectivity index (χ0v) is 64.7. The fourth-order valence-corrected chi connectivity index (χ4v) is 13.6. The largest absolute Gasteiger partial charge is 0.490 e. The summed E-state index contributed by atoms with van der Waals surface area (Å²) in [7, 11) is 0. The Labute approximate surface area is 596 Å². The van der Waals surface area contributed by atoms with Crippen LogP contribution in [0.2, 0.25) is 0 Å². The van der Waals surface area contributed by atoms with Crippen LogP contribution < -0.4 is 18.9 Å². The first-order valence-electron chi connectivity index (χ1n) is 42.4. The van der Waals surface area contributed by atoms with Gasteiger partial charge in [0.25, 0.3) is 0 Å². The first-order valence-corrected chi connectivity index (χ1v) is 42.4. The number of aromatic carboxylic acids is 1. The Morgan fingerprint density at radius 1 is 0.292 bits per heavy atom. The van der Waals surface area contributed by atoms with Crippen LogP contribution in [0.3, 0.4) is 0 Å². The van der Waals surface area contributed by atoms with E-state index in [0.29, 0.717) is 43.6 Å². The smallest absolute Gasteiger partial charge is 0.335 e. The highest BCUT2D eigenvalue weighted by Crippen LogP contribution is 2.37. The molecule has 1 N–H and O–H groups in total. The molecule has 2 aromatic rings. The number of carbonyl (C=O) groups is 1. The minimum absolute atomic E-state index is 0.268. The number of ether oxygens (including phenoxy) is 4. The Balaban J connectivity index is 0.000000960. The molecule has 0 unspecified atom stereocenters. The molecule has 0 saturated carbocycles. The summed E-state index contributed by atoms with van der Waals surface area (Å²) < 4.78 is 24.7. The number of hydrogen-bond donors (Lipinski definition) is 1. The molecule has 0 atom stereocenters. The summed E-state index contributed by atoms with van der Waals surface area (Å²) in [6, 6.07) is 7.06. The van der Waals surface area contributed by atoms with Crippen LogP contribution in [0.15, 0.2) is 29.3 Å². The summed E-state index contributed by atoms with van der Waals surface area (Å²) in [5.74, 6) is 1.90. The monoisotopic (exact) mass is 1340 g/mol. The van der Waals surface area contributed by atoms with E-state index in [-0.39, 0.29) is 5.56 Å². The third-order valence-corrected chi connectivity index (χ3v) is 19.9. The molecule has 0 spiro atoms. The maximum absolute atomic E-state index is 11.7. The lowest BCUT2D eigenvalue weighted by Crippen LogP contribution is -2.06. The summed E-state index contributed by atoms with van der Waals surface area (Å²) in [6.45, 7) is 15.7. The zero-order valence-electron chi connectivity index (χ0n) is 64.7. The molecule has 0 saturated heterocycles. The number of aryl methyl sites for hydroxylation is 2. The summed E-state index contributed by atoms with van der Waals surface area (Å²) in [6.07, 6.45) is 88.4. The number of carboxylic acids is 1. The highest BCUT2D eigenvalue weighted by atomic mass is 16.5. The van der Waals surface area contributed by atoms with Crippen molar-refractivity contribution in [3.63, 3.8) is 0 Å². The summed E-state index contributed by atoms with van der Waals surface area (Å²) in [5, 5.41) is 9.58. The molecular weight excluding hydrogens is 1180 g/mol. The molecule has 0 aromatic heterocycles. The highest BCUT2D eigenvalue weighted by molar-refractivity contribution is 5.89. The van der Waals surface area contributed by atoms with Crippen LogP contribution in [-0.2, 0) is 4.79 Å². The molecule has 96 heavy (non-hydrogen) atoms. The van der Waals surface area contributed by atoms with Crippen molar-refractivity contribution in [1.82, 2.24) is 0 Å². The number of unbranched alkanes of at least 4 members (excludes halogenated alkanes) is 60. The highest BCUT2D eigenvalue weighted by Gasteiger charge is 2.16. The van der Waals surface area contributed by atoms with Crippen LogP contribution in [0.4, 0.5) is 5.69 Å². The average molecular weight is 1340 g/mol. The SMILES string of the molecule is CCCCCCCCCCCCCCCCCCOc1cc(C(=O)O)cc(C)c1OCCCCCCCCCCCCCCCCCC.CCCCCCCCCCCCCCCCCCOc1cc(N=C=O)cc(C)c1OCCCCCCCCCCCCCCCCCC. The van der Waals surface area contributed by atoms with E-state index < -0.39 is 5.97 Å². The van der Waals surface area contributed by atoms with Crippen molar-refractivity contribution in [1.29, 1.82) is 0 Å². The second kappa shape index (κ2) is 72.7. The van der Waals surface area contributed by atoms with E-state index in [0.717, 1.165) is 54.7 Å². The van der Waals surface area contributed by atoms with Crippen molar-refractivity contribution in [2.24, 2.45) is 4.99 Å². The van der Waals surface area contributed by atoms with Crippen LogP contribution in [0.1, 0.15) is 460 Å². The van der Waals surface area contributed by atoms with Gasteiger partial charge in [-0.25, -0.2) is 9.59 Å². The minimum Gasteiger partial charge on any atom is -0.490 e. The molecule has 558 valence electrons. The molecule has 2 aromatic carbocycles. The number of carbonyl (C=O) groups excluding carboxylic acids is 1. The van der Waals surface area contributed by atoms with Gasteiger partial charge in [-0.3, -0.25) is 0 Å². The van der Waals surface area contributed by atoms with Gasteiger partial charge in [0.05, 0.1) is 37.7 Å². The van der Waals surface area contributed by atoms with Gasteiger partial charge in [0.2, 0.25) is 6.08 Å². The third kappa shape index (κ3) is 58.3. The summed E-state index contributed by atoms with van der Waals surface area (Å²) in [4.78, 5) is 26.4. The van der Waals surface area contributed by atoms with E-state index in [1.807, 2.05) is 26.0 Å². The topological polar surface area (TPSA) is 104 Å². The first kappa shape index (κ1) is 90.5. The molecule has 0 aliphatic heterocycles. The first-order chi connectivity index (χ1) is 47.3. The van der Waals surface area contributed by atoms with Gasteiger partial charge in [0.15, 0.2) is 23.0 Å². The van der Waals surface area contributed by atoms with Crippen molar-refractivity contribution in [3.05, 3.63) is 41.0 Å². The van der Waals surface area contributed by atoms with E-state index in [1.165, 1.54) is 379 Å². The van der Waals surface area contributed by atoms with Crippen LogP contribution in [-0.4, -0.2) is 43.6 Å². The van der Waals surface area contributed by atoms with Gasteiger partial charge in [0.1, 0.15) is 0 Å². The van der Waals surface area contributed by atoms with Gasteiger partial charge in [-0.05, 0) is 68.9 Å². The lowest BCUT2D eigenvalue weighted by atomic mass is 10.0. The lowest BCUT2D eigenvalue weighted by Gasteiger charge is -2.16. The third-order valence-electron chi connectivity index (χ3n) is 19.9. The van der Waals surface area contributed by atoms with Crippen LogP contribution in [0, 0.1) is 13.8 Å². The normalized spacial score (nSPS) is 11.2. The Morgan fingerprint density at radius 3 is 0.708 bits per heavy atom. The Hall–Kier alpha value is -3.51. The Kier molecular flexibility index (Phi) is 68.6. The molecule has 0 radical (unpaired) electrons. The number of isocyanates is 1. The quantitative estimate of drug-likeness (QED) is 0.0400. The predicted octanol–water partition coefficient (Wildman–Crippen LogP) is 30.2. The van der Waals surface area contributed by atoms with E-state index in [1.54, 1.807) is 18.2 Å². The Morgan fingerprint density at radius 2 is 0.490 bits per heavy atom. The lowest BCUT2D eigenvalue weighted by molar-refractivity contribution is 0.0696. The van der Waals surface area contributed by atoms with Gasteiger partial charge < -0.3 is 24.1 Å². The molecule has 8 nitrogen and oxygen atoms in total. The number of rotatable bonds is 74. The van der Waals surface area contributed by atoms with Gasteiger partial charge >= 0.3 is 5.97 Å². The van der Waals surface area contributed by atoms with Gasteiger partial charge in [-0.2, -0.15) is 4.99 Å². The maximum Gasteiger partial charge on any atom is 0.335 e.